The van der Waals surface area contributed by atoms with Crippen molar-refractivity contribution in [1.82, 2.24) is 0 Å². The van der Waals surface area contributed by atoms with Gasteiger partial charge in [-0.05, 0) is 55.8 Å². The van der Waals surface area contributed by atoms with E-state index in [1.807, 2.05) is 0 Å². The van der Waals surface area contributed by atoms with Crippen LogP contribution in [0.5, 0.6) is 0 Å². The van der Waals surface area contributed by atoms with Gasteiger partial charge in [0.15, 0.2) is 0 Å². The van der Waals surface area contributed by atoms with Crippen molar-refractivity contribution in [3.8, 4) is 0 Å². The smallest absolute Gasteiger partial charge is 0.00700 e. The van der Waals surface area contributed by atoms with Crippen LogP contribution in [0.25, 0.3) is 0 Å². The Labute approximate surface area is 114 Å². The molecule has 0 spiro atoms. The molecule has 3 unspecified atom stereocenters. The van der Waals surface area contributed by atoms with E-state index in [-0.39, 0.29) is 0 Å². The summed E-state index contributed by atoms with van der Waals surface area (Å²) >= 11 is 0. The van der Waals surface area contributed by atoms with Crippen molar-refractivity contribution >= 4 is 0 Å². The third kappa shape index (κ3) is 3.50. The van der Waals surface area contributed by atoms with Gasteiger partial charge in [-0.15, -0.1) is 0 Å². The molecule has 0 aromatic rings. The molecule has 106 valence electrons. The maximum atomic E-state index is 6.44. The van der Waals surface area contributed by atoms with Gasteiger partial charge in [0, 0.05) is 6.04 Å². The standard InChI is InChI=1S/C17H33N/c1-3-5-14-8-11-17(18)16(12-14)15-9-6-13(4-2)7-10-15/h13-17H,3-12,18H2,1-2H3. The highest BCUT2D eigenvalue weighted by Crippen LogP contribution is 2.42. The molecular formula is C17H33N. The van der Waals surface area contributed by atoms with E-state index < -0.39 is 0 Å². The van der Waals surface area contributed by atoms with Crippen LogP contribution in [0.2, 0.25) is 0 Å². The Bertz CT molecular complexity index is 230. The van der Waals surface area contributed by atoms with Crippen LogP contribution in [0.15, 0.2) is 0 Å². The second-order valence-corrected chi connectivity index (χ2v) is 6.98. The second kappa shape index (κ2) is 6.93. The topological polar surface area (TPSA) is 26.0 Å². The third-order valence-electron chi connectivity index (χ3n) is 5.83. The van der Waals surface area contributed by atoms with Gasteiger partial charge in [-0.2, -0.15) is 0 Å². The highest BCUT2D eigenvalue weighted by Gasteiger charge is 2.35. The van der Waals surface area contributed by atoms with Crippen LogP contribution in [0.3, 0.4) is 0 Å². The summed E-state index contributed by atoms with van der Waals surface area (Å²) in [5.74, 6) is 3.83. The molecule has 0 radical (unpaired) electrons. The van der Waals surface area contributed by atoms with Gasteiger partial charge in [0.05, 0.1) is 0 Å². The zero-order chi connectivity index (χ0) is 13.0. The van der Waals surface area contributed by atoms with Crippen molar-refractivity contribution in [2.45, 2.75) is 84.1 Å². The van der Waals surface area contributed by atoms with Crippen LogP contribution in [0.1, 0.15) is 78.1 Å². The highest BCUT2D eigenvalue weighted by molar-refractivity contribution is 4.88. The first kappa shape index (κ1) is 14.4. The number of nitrogens with two attached hydrogens (primary N) is 1. The summed E-state index contributed by atoms with van der Waals surface area (Å²) in [4.78, 5) is 0. The maximum absolute atomic E-state index is 6.44. The predicted octanol–water partition coefficient (Wildman–Crippen LogP) is 4.75. The summed E-state index contributed by atoms with van der Waals surface area (Å²) in [6.45, 7) is 4.69. The minimum absolute atomic E-state index is 0.515. The Balaban J connectivity index is 1.86. The molecule has 3 atom stereocenters. The molecule has 1 nitrogen and oxygen atoms in total. The first-order valence-corrected chi connectivity index (χ1v) is 8.50. The van der Waals surface area contributed by atoms with Gasteiger partial charge in [0.1, 0.15) is 0 Å². The molecule has 0 amide bonds. The van der Waals surface area contributed by atoms with Crippen LogP contribution in [0, 0.1) is 23.7 Å². The van der Waals surface area contributed by atoms with Gasteiger partial charge >= 0.3 is 0 Å². The molecule has 2 saturated carbocycles. The zero-order valence-electron chi connectivity index (χ0n) is 12.5. The molecule has 0 aliphatic heterocycles. The summed E-state index contributed by atoms with van der Waals surface area (Å²) in [6.07, 6.45) is 14.2. The first-order valence-electron chi connectivity index (χ1n) is 8.50. The highest BCUT2D eigenvalue weighted by atomic mass is 14.7. The minimum Gasteiger partial charge on any atom is -0.327 e. The molecule has 0 aromatic heterocycles. The average molecular weight is 251 g/mol. The molecule has 2 fully saturated rings. The van der Waals surface area contributed by atoms with Gasteiger partial charge in [0.2, 0.25) is 0 Å². The van der Waals surface area contributed by atoms with Gasteiger partial charge in [-0.1, -0.05) is 46.0 Å². The van der Waals surface area contributed by atoms with Crippen molar-refractivity contribution in [3.63, 3.8) is 0 Å². The van der Waals surface area contributed by atoms with Crippen molar-refractivity contribution in [1.29, 1.82) is 0 Å². The Morgan fingerprint density at radius 1 is 0.889 bits per heavy atom. The summed E-state index contributed by atoms with van der Waals surface area (Å²) < 4.78 is 0. The lowest BCUT2D eigenvalue weighted by molar-refractivity contribution is 0.116. The molecule has 18 heavy (non-hydrogen) atoms. The average Bonchev–Trinajstić information content (AvgIpc) is 2.41. The maximum Gasteiger partial charge on any atom is 0.00700 e. The van der Waals surface area contributed by atoms with Gasteiger partial charge in [0.25, 0.3) is 0 Å². The molecule has 0 aromatic carbocycles. The van der Waals surface area contributed by atoms with Crippen molar-refractivity contribution in [3.05, 3.63) is 0 Å². The van der Waals surface area contributed by atoms with Crippen LogP contribution >= 0.6 is 0 Å². The molecule has 1 heteroatoms. The van der Waals surface area contributed by atoms with Gasteiger partial charge in [-0.25, -0.2) is 0 Å². The SMILES string of the molecule is CCCC1CCC(N)C(C2CCC(CC)CC2)C1. The minimum atomic E-state index is 0.515. The fourth-order valence-corrected chi connectivity index (χ4v) is 4.56. The van der Waals surface area contributed by atoms with E-state index in [2.05, 4.69) is 13.8 Å². The number of hydrogen-bond acceptors (Lipinski definition) is 1. The molecule has 2 rings (SSSR count). The molecule has 0 saturated heterocycles. The number of hydrogen-bond donors (Lipinski definition) is 1. The molecule has 2 aliphatic carbocycles. The summed E-state index contributed by atoms with van der Waals surface area (Å²) in [7, 11) is 0. The Morgan fingerprint density at radius 2 is 1.56 bits per heavy atom. The van der Waals surface area contributed by atoms with E-state index in [4.69, 9.17) is 5.73 Å². The van der Waals surface area contributed by atoms with Crippen molar-refractivity contribution in [2.75, 3.05) is 0 Å². The summed E-state index contributed by atoms with van der Waals surface area (Å²) in [5.41, 5.74) is 6.44. The number of rotatable bonds is 4. The quantitative estimate of drug-likeness (QED) is 0.767. The van der Waals surface area contributed by atoms with Crippen LogP contribution in [-0.4, -0.2) is 6.04 Å². The first-order chi connectivity index (χ1) is 8.74. The Kier molecular flexibility index (Phi) is 5.54. The second-order valence-electron chi connectivity index (χ2n) is 6.98. The molecule has 0 bridgehead atoms. The third-order valence-corrected chi connectivity index (χ3v) is 5.83. The van der Waals surface area contributed by atoms with E-state index in [0.717, 1.165) is 23.7 Å². The van der Waals surface area contributed by atoms with Crippen LogP contribution < -0.4 is 5.73 Å². The summed E-state index contributed by atoms with van der Waals surface area (Å²) in [5, 5.41) is 0. The lowest BCUT2D eigenvalue weighted by atomic mass is 9.66. The van der Waals surface area contributed by atoms with Crippen LogP contribution in [0.4, 0.5) is 0 Å². The van der Waals surface area contributed by atoms with E-state index in [9.17, 15) is 0 Å². The van der Waals surface area contributed by atoms with Gasteiger partial charge < -0.3 is 5.73 Å². The molecular weight excluding hydrogens is 218 g/mol. The van der Waals surface area contributed by atoms with E-state index in [0.29, 0.717) is 6.04 Å². The fourth-order valence-electron chi connectivity index (χ4n) is 4.56. The largest absolute Gasteiger partial charge is 0.327 e. The lowest BCUT2D eigenvalue weighted by Gasteiger charge is -2.41. The molecule has 0 heterocycles. The molecule has 2 N–H and O–H groups in total. The van der Waals surface area contributed by atoms with Gasteiger partial charge in [-0.3, -0.25) is 0 Å². The Morgan fingerprint density at radius 3 is 2.17 bits per heavy atom. The normalized spacial score (nSPS) is 41.8. The Hall–Kier alpha value is -0.0400. The van der Waals surface area contributed by atoms with Crippen molar-refractivity contribution in [2.24, 2.45) is 29.4 Å². The monoisotopic (exact) mass is 251 g/mol. The van der Waals surface area contributed by atoms with Crippen LogP contribution in [-0.2, 0) is 0 Å². The molecule has 2 aliphatic rings. The predicted molar refractivity (Wildman–Crippen MR) is 79.5 cm³/mol. The van der Waals surface area contributed by atoms with Crippen molar-refractivity contribution < 1.29 is 0 Å². The zero-order valence-corrected chi connectivity index (χ0v) is 12.5. The lowest BCUT2D eigenvalue weighted by Crippen LogP contribution is -2.41. The summed E-state index contributed by atoms with van der Waals surface area (Å²) in [6, 6.07) is 0.515. The fraction of sp³-hybridized carbons (Fsp3) is 1.00. The van der Waals surface area contributed by atoms with E-state index >= 15 is 0 Å². The van der Waals surface area contributed by atoms with E-state index in [1.165, 1.54) is 64.2 Å². The van der Waals surface area contributed by atoms with E-state index in [1.54, 1.807) is 0 Å².